The number of carbonyl (C=O) groups excluding carboxylic acids is 1. The fraction of sp³-hybridized carbons (Fsp3) is 0.889. The van der Waals surface area contributed by atoms with E-state index in [1.54, 1.807) is 4.90 Å². The summed E-state index contributed by atoms with van der Waals surface area (Å²) < 4.78 is 23.4. The molecule has 1 aliphatic rings. The lowest BCUT2D eigenvalue weighted by atomic mass is 10.2. The minimum absolute atomic E-state index is 0. The minimum Gasteiger partial charge on any atom is -0.337 e. The summed E-state index contributed by atoms with van der Waals surface area (Å²) in [5, 5.41) is 0. The van der Waals surface area contributed by atoms with E-state index >= 15 is 0 Å². The molecule has 1 atom stereocenters. The van der Waals surface area contributed by atoms with E-state index in [-0.39, 0.29) is 30.9 Å². The maximum Gasteiger partial charge on any atom is 0.238 e. The molecule has 1 saturated heterocycles. The number of nitrogens with zero attached hydrogens (tertiary/aromatic N) is 2. The second kappa shape index (κ2) is 6.53. The van der Waals surface area contributed by atoms with Crippen LogP contribution in [0.5, 0.6) is 0 Å². The Morgan fingerprint density at radius 1 is 1.53 bits per heavy atom. The minimum atomic E-state index is -3.30. The Bertz CT molecular complexity index is 360. The largest absolute Gasteiger partial charge is 0.337 e. The van der Waals surface area contributed by atoms with Crippen molar-refractivity contribution >= 4 is 28.3 Å². The van der Waals surface area contributed by atoms with Gasteiger partial charge in [-0.3, -0.25) is 4.79 Å². The van der Waals surface area contributed by atoms with E-state index in [1.807, 2.05) is 0 Å². The first kappa shape index (κ1) is 16.6. The highest BCUT2D eigenvalue weighted by Crippen LogP contribution is 2.16. The molecule has 1 fully saturated rings. The molecular formula is C9H20ClN3O3S. The summed E-state index contributed by atoms with van der Waals surface area (Å²) >= 11 is 0. The van der Waals surface area contributed by atoms with Crippen LogP contribution in [0.15, 0.2) is 0 Å². The first-order chi connectivity index (χ1) is 7.36. The average molecular weight is 286 g/mol. The number of sulfonamides is 1. The molecule has 0 spiro atoms. The average Bonchev–Trinajstić information content (AvgIpc) is 2.63. The highest BCUT2D eigenvalue weighted by Gasteiger charge is 2.29. The predicted octanol–water partition coefficient (Wildman–Crippen LogP) is -0.751. The lowest BCUT2D eigenvalue weighted by Gasteiger charge is -2.25. The van der Waals surface area contributed by atoms with E-state index in [2.05, 4.69) is 0 Å². The fourth-order valence-electron chi connectivity index (χ4n) is 1.81. The van der Waals surface area contributed by atoms with Gasteiger partial charge < -0.3 is 10.6 Å². The van der Waals surface area contributed by atoms with E-state index in [9.17, 15) is 13.2 Å². The van der Waals surface area contributed by atoms with Crippen molar-refractivity contribution < 1.29 is 13.2 Å². The first-order valence-electron chi connectivity index (χ1n) is 5.27. The number of amides is 1. The molecular weight excluding hydrogens is 266 g/mol. The highest BCUT2D eigenvalue weighted by atomic mass is 35.5. The van der Waals surface area contributed by atoms with Crippen LogP contribution in [0.2, 0.25) is 0 Å². The zero-order valence-corrected chi connectivity index (χ0v) is 11.8. The van der Waals surface area contributed by atoms with Crippen LogP contribution in [0.4, 0.5) is 0 Å². The normalized spacial score (nSPS) is 20.5. The Kier molecular flexibility index (Phi) is 6.39. The third-order valence-corrected chi connectivity index (χ3v) is 4.16. The molecule has 0 aromatic carbocycles. The Morgan fingerprint density at radius 2 is 2.12 bits per heavy atom. The fourth-order valence-corrected chi connectivity index (χ4v) is 2.15. The number of rotatable bonds is 4. The summed E-state index contributed by atoms with van der Waals surface area (Å²) in [6.45, 7) is 1.02. The zero-order valence-electron chi connectivity index (χ0n) is 10.1. The summed E-state index contributed by atoms with van der Waals surface area (Å²) in [5.41, 5.74) is 5.55. The number of likely N-dealkylation sites (tertiary alicyclic amines) is 1. The van der Waals surface area contributed by atoms with Gasteiger partial charge in [0.25, 0.3) is 0 Å². The lowest BCUT2D eigenvalue weighted by molar-refractivity contribution is -0.131. The van der Waals surface area contributed by atoms with Crippen molar-refractivity contribution in [2.75, 3.05) is 32.9 Å². The molecule has 0 aromatic rings. The van der Waals surface area contributed by atoms with Gasteiger partial charge >= 0.3 is 0 Å². The van der Waals surface area contributed by atoms with Crippen molar-refractivity contribution in [3.63, 3.8) is 0 Å². The third kappa shape index (κ3) is 4.42. The SMILES string of the molecule is CN(CC(=O)N1CCCC1CN)S(C)(=O)=O.Cl. The molecule has 0 aromatic heterocycles. The van der Waals surface area contributed by atoms with Gasteiger partial charge in [0.05, 0.1) is 12.8 Å². The van der Waals surface area contributed by atoms with E-state index in [0.29, 0.717) is 13.1 Å². The quantitative estimate of drug-likeness (QED) is 0.737. The molecule has 1 heterocycles. The molecule has 6 nitrogen and oxygen atoms in total. The van der Waals surface area contributed by atoms with Crippen LogP contribution in [-0.2, 0) is 14.8 Å². The molecule has 1 aliphatic heterocycles. The molecule has 0 radical (unpaired) electrons. The molecule has 1 unspecified atom stereocenters. The summed E-state index contributed by atoms with van der Waals surface area (Å²) in [6, 6.07) is 0.0699. The predicted molar refractivity (Wildman–Crippen MR) is 68.5 cm³/mol. The standard InChI is InChI=1S/C9H19N3O3S.ClH/c1-11(16(2,14)15)7-9(13)12-5-3-4-8(12)6-10;/h8H,3-7,10H2,1-2H3;1H. The molecule has 8 heteroatoms. The summed E-state index contributed by atoms with van der Waals surface area (Å²) in [4.78, 5) is 13.5. The van der Waals surface area contributed by atoms with Gasteiger partial charge in [-0.2, -0.15) is 4.31 Å². The van der Waals surface area contributed by atoms with E-state index < -0.39 is 10.0 Å². The van der Waals surface area contributed by atoms with Crippen LogP contribution in [-0.4, -0.2) is 62.5 Å². The molecule has 102 valence electrons. The van der Waals surface area contributed by atoms with Crippen molar-refractivity contribution in [1.29, 1.82) is 0 Å². The van der Waals surface area contributed by atoms with Crippen molar-refractivity contribution in [1.82, 2.24) is 9.21 Å². The monoisotopic (exact) mass is 285 g/mol. The molecule has 17 heavy (non-hydrogen) atoms. The van der Waals surface area contributed by atoms with E-state index in [4.69, 9.17) is 5.73 Å². The molecule has 1 amide bonds. The van der Waals surface area contributed by atoms with Crippen molar-refractivity contribution in [2.45, 2.75) is 18.9 Å². The first-order valence-corrected chi connectivity index (χ1v) is 7.12. The Balaban J connectivity index is 0.00000256. The lowest BCUT2D eigenvalue weighted by Crippen LogP contribution is -2.45. The maximum atomic E-state index is 11.8. The number of halogens is 1. The van der Waals surface area contributed by atoms with Crippen LogP contribution >= 0.6 is 12.4 Å². The topological polar surface area (TPSA) is 83.7 Å². The van der Waals surface area contributed by atoms with Gasteiger partial charge in [0, 0.05) is 26.2 Å². The van der Waals surface area contributed by atoms with Gasteiger partial charge in [-0.15, -0.1) is 12.4 Å². The van der Waals surface area contributed by atoms with Crippen molar-refractivity contribution in [2.24, 2.45) is 5.73 Å². The van der Waals surface area contributed by atoms with Crippen LogP contribution in [0.3, 0.4) is 0 Å². The number of nitrogens with two attached hydrogens (primary N) is 1. The van der Waals surface area contributed by atoms with Crippen LogP contribution in [0.25, 0.3) is 0 Å². The molecule has 1 rings (SSSR count). The maximum absolute atomic E-state index is 11.8. The number of hydrogen-bond donors (Lipinski definition) is 1. The zero-order chi connectivity index (χ0) is 12.3. The molecule has 2 N–H and O–H groups in total. The Hall–Kier alpha value is -0.370. The van der Waals surface area contributed by atoms with Gasteiger partial charge in [0.15, 0.2) is 0 Å². The summed E-state index contributed by atoms with van der Waals surface area (Å²) in [6.07, 6.45) is 2.94. The van der Waals surface area contributed by atoms with Gasteiger partial charge in [0.1, 0.15) is 0 Å². The number of likely N-dealkylation sites (N-methyl/N-ethyl adjacent to an activating group) is 1. The second-order valence-corrected chi connectivity index (χ2v) is 6.23. The molecule has 0 saturated carbocycles. The summed E-state index contributed by atoms with van der Waals surface area (Å²) in [5.74, 6) is -0.166. The highest BCUT2D eigenvalue weighted by molar-refractivity contribution is 7.88. The smallest absolute Gasteiger partial charge is 0.238 e. The van der Waals surface area contributed by atoms with Crippen molar-refractivity contribution in [3.05, 3.63) is 0 Å². The van der Waals surface area contributed by atoms with Crippen molar-refractivity contribution in [3.8, 4) is 0 Å². The van der Waals surface area contributed by atoms with Crippen LogP contribution in [0, 0.1) is 0 Å². The Morgan fingerprint density at radius 3 is 2.59 bits per heavy atom. The van der Waals surface area contributed by atoms with Gasteiger partial charge in [-0.25, -0.2) is 8.42 Å². The second-order valence-electron chi connectivity index (χ2n) is 4.14. The van der Waals surface area contributed by atoms with Gasteiger partial charge in [-0.1, -0.05) is 0 Å². The third-order valence-electron chi connectivity index (χ3n) is 2.89. The number of carbonyl (C=O) groups is 1. The van der Waals surface area contributed by atoms with Crippen LogP contribution < -0.4 is 5.73 Å². The van der Waals surface area contributed by atoms with Gasteiger partial charge in [-0.05, 0) is 12.8 Å². The molecule has 0 bridgehead atoms. The Labute approximate surface area is 109 Å². The van der Waals surface area contributed by atoms with E-state index in [0.717, 1.165) is 23.4 Å². The van der Waals surface area contributed by atoms with E-state index in [1.165, 1.54) is 7.05 Å². The number of hydrogen-bond acceptors (Lipinski definition) is 4. The van der Waals surface area contributed by atoms with Crippen LogP contribution in [0.1, 0.15) is 12.8 Å². The molecule has 0 aliphatic carbocycles. The summed E-state index contributed by atoms with van der Waals surface area (Å²) in [7, 11) is -1.89. The van der Waals surface area contributed by atoms with Gasteiger partial charge in [0.2, 0.25) is 15.9 Å².